The second-order valence-corrected chi connectivity index (χ2v) is 4.08. The molecular formula is C12H14N2. The number of nitrogens with zero attached hydrogens (tertiary/aromatic N) is 1. The van der Waals surface area contributed by atoms with Crippen LogP contribution in [-0.4, -0.2) is 19.3 Å². The maximum absolute atomic E-state index is 4.34. The molecule has 1 unspecified atom stereocenters. The Morgan fingerprint density at radius 1 is 1.36 bits per heavy atom. The Balaban J connectivity index is 2.04. The molecule has 1 fully saturated rings. The van der Waals surface area contributed by atoms with Gasteiger partial charge in [0.25, 0.3) is 0 Å². The summed E-state index contributed by atoms with van der Waals surface area (Å²) in [5.41, 5.74) is 4.28. The molecule has 0 aliphatic carbocycles. The SMILES string of the molecule is C1=NCc2cccc(C3CCNC3)c21. The predicted molar refractivity (Wildman–Crippen MR) is 58.0 cm³/mol. The van der Waals surface area contributed by atoms with Crippen molar-refractivity contribution in [1.82, 2.24) is 5.32 Å². The summed E-state index contributed by atoms with van der Waals surface area (Å²) in [6, 6.07) is 6.61. The molecule has 2 aliphatic rings. The van der Waals surface area contributed by atoms with Crippen molar-refractivity contribution in [3.63, 3.8) is 0 Å². The first-order valence-corrected chi connectivity index (χ1v) is 5.27. The van der Waals surface area contributed by atoms with E-state index < -0.39 is 0 Å². The van der Waals surface area contributed by atoms with Gasteiger partial charge in [-0.1, -0.05) is 18.2 Å². The molecule has 0 spiro atoms. The number of hydrogen-bond acceptors (Lipinski definition) is 2. The highest BCUT2D eigenvalue weighted by atomic mass is 14.9. The summed E-state index contributed by atoms with van der Waals surface area (Å²) in [5, 5.41) is 3.42. The number of benzene rings is 1. The molecule has 0 amide bonds. The minimum Gasteiger partial charge on any atom is -0.316 e. The first-order valence-electron chi connectivity index (χ1n) is 5.27. The van der Waals surface area contributed by atoms with E-state index in [-0.39, 0.29) is 0 Å². The summed E-state index contributed by atoms with van der Waals surface area (Å²) in [5.74, 6) is 0.703. The summed E-state index contributed by atoms with van der Waals surface area (Å²) in [7, 11) is 0. The van der Waals surface area contributed by atoms with Crippen molar-refractivity contribution in [1.29, 1.82) is 0 Å². The molecule has 1 N–H and O–H groups in total. The topological polar surface area (TPSA) is 24.4 Å². The Morgan fingerprint density at radius 3 is 3.21 bits per heavy atom. The Bertz CT molecular complexity index is 376. The maximum Gasteiger partial charge on any atom is 0.0646 e. The number of aliphatic imine (C=N–C) groups is 1. The van der Waals surface area contributed by atoms with Crippen molar-refractivity contribution in [2.24, 2.45) is 4.99 Å². The Kier molecular flexibility index (Phi) is 1.88. The van der Waals surface area contributed by atoms with Gasteiger partial charge in [-0.2, -0.15) is 0 Å². The molecule has 1 aromatic rings. The quantitative estimate of drug-likeness (QED) is 0.709. The van der Waals surface area contributed by atoms with Crippen LogP contribution in [0.25, 0.3) is 0 Å². The molecule has 1 aromatic carbocycles. The molecule has 1 saturated heterocycles. The fraction of sp³-hybridized carbons (Fsp3) is 0.417. The maximum atomic E-state index is 4.34. The lowest BCUT2D eigenvalue weighted by atomic mass is 9.92. The highest BCUT2D eigenvalue weighted by Gasteiger charge is 2.21. The van der Waals surface area contributed by atoms with E-state index in [2.05, 4.69) is 28.5 Å². The molecule has 2 heteroatoms. The normalized spacial score (nSPS) is 24.1. The van der Waals surface area contributed by atoms with Gasteiger partial charge in [-0.3, -0.25) is 4.99 Å². The van der Waals surface area contributed by atoms with E-state index in [1.807, 2.05) is 6.21 Å². The van der Waals surface area contributed by atoms with Gasteiger partial charge >= 0.3 is 0 Å². The second kappa shape index (κ2) is 3.21. The fourth-order valence-electron chi connectivity index (χ4n) is 2.44. The van der Waals surface area contributed by atoms with Crippen LogP contribution in [-0.2, 0) is 6.54 Å². The van der Waals surface area contributed by atoms with Crippen molar-refractivity contribution < 1.29 is 0 Å². The van der Waals surface area contributed by atoms with E-state index in [0.29, 0.717) is 5.92 Å². The average Bonchev–Trinajstić information content (AvgIpc) is 2.88. The van der Waals surface area contributed by atoms with Crippen LogP contribution >= 0.6 is 0 Å². The lowest BCUT2D eigenvalue weighted by Gasteiger charge is -2.12. The van der Waals surface area contributed by atoms with Gasteiger partial charge in [0.15, 0.2) is 0 Å². The third kappa shape index (κ3) is 1.18. The molecule has 2 aliphatic heterocycles. The van der Waals surface area contributed by atoms with E-state index in [4.69, 9.17) is 0 Å². The number of fused-ring (bicyclic) bond motifs is 1. The number of rotatable bonds is 1. The molecule has 0 radical (unpaired) electrons. The van der Waals surface area contributed by atoms with Gasteiger partial charge in [-0.25, -0.2) is 0 Å². The molecule has 2 heterocycles. The molecule has 3 rings (SSSR count). The van der Waals surface area contributed by atoms with E-state index in [9.17, 15) is 0 Å². The van der Waals surface area contributed by atoms with Gasteiger partial charge in [0, 0.05) is 18.3 Å². The Labute approximate surface area is 84.1 Å². The lowest BCUT2D eigenvalue weighted by molar-refractivity contribution is 0.761. The van der Waals surface area contributed by atoms with Gasteiger partial charge in [0.1, 0.15) is 0 Å². The smallest absolute Gasteiger partial charge is 0.0646 e. The fourth-order valence-corrected chi connectivity index (χ4v) is 2.44. The predicted octanol–water partition coefficient (Wildman–Crippen LogP) is 1.70. The van der Waals surface area contributed by atoms with Gasteiger partial charge in [0.2, 0.25) is 0 Å². The zero-order valence-corrected chi connectivity index (χ0v) is 8.16. The standard InChI is InChI=1S/C12H14N2/c1-2-9-7-14-8-12(9)11(3-1)10-4-5-13-6-10/h1-3,8,10,13H,4-7H2. The van der Waals surface area contributed by atoms with Gasteiger partial charge in [-0.05, 0) is 30.0 Å². The van der Waals surface area contributed by atoms with E-state index in [0.717, 1.165) is 19.6 Å². The van der Waals surface area contributed by atoms with Crippen molar-refractivity contribution >= 4 is 6.21 Å². The van der Waals surface area contributed by atoms with Crippen LogP contribution in [0.3, 0.4) is 0 Å². The average molecular weight is 186 g/mol. The van der Waals surface area contributed by atoms with E-state index >= 15 is 0 Å². The molecule has 0 aromatic heterocycles. The van der Waals surface area contributed by atoms with Gasteiger partial charge in [0.05, 0.1) is 6.54 Å². The highest BCUT2D eigenvalue weighted by molar-refractivity contribution is 5.86. The zero-order valence-electron chi connectivity index (χ0n) is 8.16. The highest BCUT2D eigenvalue weighted by Crippen LogP contribution is 2.28. The monoisotopic (exact) mass is 186 g/mol. The third-order valence-electron chi connectivity index (χ3n) is 3.21. The van der Waals surface area contributed by atoms with Crippen LogP contribution in [0.15, 0.2) is 23.2 Å². The van der Waals surface area contributed by atoms with E-state index in [1.54, 1.807) is 0 Å². The zero-order chi connectivity index (χ0) is 9.38. The van der Waals surface area contributed by atoms with E-state index in [1.165, 1.54) is 23.1 Å². The van der Waals surface area contributed by atoms with Crippen LogP contribution in [0.4, 0.5) is 0 Å². The third-order valence-corrected chi connectivity index (χ3v) is 3.21. The van der Waals surface area contributed by atoms with Crippen LogP contribution in [0.5, 0.6) is 0 Å². The first-order chi connectivity index (χ1) is 6.95. The molecule has 2 nitrogen and oxygen atoms in total. The lowest BCUT2D eigenvalue weighted by Crippen LogP contribution is -2.09. The summed E-state index contributed by atoms with van der Waals surface area (Å²) < 4.78 is 0. The molecule has 0 saturated carbocycles. The van der Waals surface area contributed by atoms with Gasteiger partial charge in [-0.15, -0.1) is 0 Å². The van der Waals surface area contributed by atoms with Crippen molar-refractivity contribution in [3.8, 4) is 0 Å². The van der Waals surface area contributed by atoms with Crippen molar-refractivity contribution in [2.45, 2.75) is 18.9 Å². The Morgan fingerprint density at radius 2 is 2.36 bits per heavy atom. The number of nitrogens with one attached hydrogen (secondary N) is 1. The minimum absolute atomic E-state index is 0.703. The summed E-state index contributed by atoms with van der Waals surface area (Å²) in [6.07, 6.45) is 3.31. The minimum atomic E-state index is 0.703. The van der Waals surface area contributed by atoms with Crippen molar-refractivity contribution in [3.05, 3.63) is 34.9 Å². The first kappa shape index (κ1) is 8.18. The van der Waals surface area contributed by atoms with Crippen LogP contribution in [0.2, 0.25) is 0 Å². The molecule has 1 atom stereocenters. The van der Waals surface area contributed by atoms with Crippen LogP contribution < -0.4 is 5.32 Å². The van der Waals surface area contributed by atoms with Crippen molar-refractivity contribution in [2.75, 3.05) is 13.1 Å². The van der Waals surface area contributed by atoms with Gasteiger partial charge < -0.3 is 5.32 Å². The molecule has 14 heavy (non-hydrogen) atoms. The van der Waals surface area contributed by atoms with Crippen LogP contribution in [0.1, 0.15) is 29.0 Å². The summed E-state index contributed by atoms with van der Waals surface area (Å²) in [6.45, 7) is 3.17. The Hall–Kier alpha value is -1.15. The second-order valence-electron chi connectivity index (χ2n) is 4.08. The molecule has 0 bridgehead atoms. The number of hydrogen-bond donors (Lipinski definition) is 1. The summed E-state index contributed by atoms with van der Waals surface area (Å²) >= 11 is 0. The molecule has 72 valence electrons. The van der Waals surface area contributed by atoms with Crippen LogP contribution in [0, 0.1) is 0 Å². The molecular weight excluding hydrogens is 172 g/mol. The summed E-state index contributed by atoms with van der Waals surface area (Å²) in [4.78, 5) is 4.34. The largest absolute Gasteiger partial charge is 0.316 e.